The SMILES string of the molecule is CCC1CNCC(SS)N1. The van der Waals surface area contributed by atoms with Crippen molar-refractivity contribution in [2.75, 3.05) is 13.1 Å². The highest BCUT2D eigenvalue weighted by atomic mass is 33.1. The summed E-state index contributed by atoms with van der Waals surface area (Å²) in [5.74, 6) is 0. The third kappa shape index (κ3) is 2.34. The van der Waals surface area contributed by atoms with Gasteiger partial charge >= 0.3 is 0 Å². The Morgan fingerprint density at radius 3 is 3.00 bits per heavy atom. The quantitative estimate of drug-likeness (QED) is 0.432. The molecule has 0 bridgehead atoms. The number of thiol groups is 1. The maximum atomic E-state index is 4.16. The molecule has 60 valence electrons. The highest BCUT2D eigenvalue weighted by Gasteiger charge is 2.17. The van der Waals surface area contributed by atoms with Gasteiger partial charge < -0.3 is 5.32 Å². The Bertz CT molecular complexity index is 89.7. The summed E-state index contributed by atoms with van der Waals surface area (Å²) in [6, 6.07) is 0.637. The van der Waals surface area contributed by atoms with Gasteiger partial charge in [0.1, 0.15) is 0 Å². The molecule has 2 atom stereocenters. The molecule has 0 radical (unpaired) electrons. The molecule has 0 amide bonds. The van der Waals surface area contributed by atoms with Crippen LogP contribution in [-0.4, -0.2) is 24.5 Å². The van der Waals surface area contributed by atoms with E-state index < -0.39 is 0 Å². The van der Waals surface area contributed by atoms with E-state index in [0.717, 1.165) is 13.1 Å². The number of piperazine rings is 1. The van der Waals surface area contributed by atoms with E-state index in [1.54, 1.807) is 10.8 Å². The summed E-state index contributed by atoms with van der Waals surface area (Å²) in [6.45, 7) is 4.33. The number of nitrogens with one attached hydrogen (secondary N) is 2. The lowest BCUT2D eigenvalue weighted by Gasteiger charge is -2.29. The third-order valence-electron chi connectivity index (χ3n) is 1.76. The molecule has 1 heterocycles. The van der Waals surface area contributed by atoms with Crippen LogP contribution in [0.2, 0.25) is 0 Å². The van der Waals surface area contributed by atoms with Gasteiger partial charge in [-0.05, 0) is 6.42 Å². The maximum Gasteiger partial charge on any atom is 0.0763 e. The second-order valence-electron chi connectivity index (χ2n) is 2.52. The first-order chi connectivity index (χ1) is 4.86. The van der Waals surface area contributed by atoms with Crippen LogP contribution in [0.5, 0.6) is 0 Å². The Kier molecular flexibility index (Phi) is 3.91. The van der Waals surface area contributed by atoms with Crippen LogP contribution in [0.4, 0.5) is 0 Å². The highest BCUT2D eigenvalue weighted by molar-refractivity contribution is 8.68. The fourth-order valence-corrected chi connectivity index (χ4v) is 1.95. The molecule has 1 saturated heterocycles. The van der Waals surface area contributed by atoms with E-state index in [9.17, 15) is 0 Å². The summed E-state index contributed by atoms with van der Waals surface area (Å²) in [4.78, 5) is 0. The first kappa shape index (κ1) is 8.71. The molecule has 0 aliphatic carbocycles. The van der Waals surface area contributed by atoms with Crippen LogP contribution in [0.15, 0.2) is 0 Å². The van der Waals surface area contributed by atoms with Gasteiger partial charge in [-0.2, -0.15) is 0 Å². The molecule has 2 N–H and O–H groups in total. The molecular weight excluding hydrogens is 164 g/mol. The van der Waals surface area contributed by atoms with Crippen molar-refractivity contribution in [2.45, 2.75) is 24.8 Å². The normalized spacial score (nSPS) is 34.2. The molecule has 2 nitrogen and oxygen atoms in total. The fraction of sp³-hybridized carbons (Fsp3) is 1.00. The van der Waals surface area contributed by atoms with E-state index in [-0.39, 0.29) is 0 Å². The van der Waals surface area contributed by atoms with Gasteiger partial charge in [0.05, 0.1) is 5.37 Å². The van der Waals surface area contributed by atoms with E-state index in [4.69, 9.17) is 0 Å². The molecule has 1 aliphatic heterocycles. The van der Waals surface area contributed by atoms with Crippen LogP contribution in [0.1, 0.15) is 13.3 Å². The van der Waals surface area contributed by atoms with Crippen LogP contribution in [0.25, 0.3) is 0 Å². The largest absolute Gasteiger partial charge is 0.313 e. The van der Waals surface area contributed by atoms with E-state index in [0.29, 0.717) is 11.4 Å². The minimum absolute atomic E-state index is 0.488. The predicted molar refractivity (Wildman–Crippen MR) is 50.4 cm³/mol. The third-order valence-corrected chi connectivity index (χ3v) is 3.08. The molecular formula is C6H14N2S2. The Balaban J connectivity index is 2.25. The van der Waals surface area contributed by atoms with Crippen molar-refractivity contribution in [1.82, 2.24) is 10.6 Å². The van der Waals surface area contributed by atoms with Crippen molar-refractivity contribution in [3.05, 3.63) is 0 Å². The molecule has 2 unspecified atom stereocenters. The van der Waals surface area contributed by atoms with Gasteiger partial charge in [-0.3, -0.25) is 5.32 Å². The molecule has 0 aromatic carbocycles. The molecule has 0 aromatic heterocycles. The Morgan fingerprint density at radius 1 is 1.60 bits per heavy atom. The zero-order valence-corrected chi connectivity index (χ0v) is 7.84. The number of hydrogen-bond donors (Lipinski definition) is 3. The Labute approximate surface area is 71.3 Å². The fourth-order valence-electron chi connectivity index (χ4n) is 1.10. The first-order valence-corrected chi connectivity index (χ1v) is 5.57. The lowest BCUT2D eigenvalue weighted by Crippen LogP contribution is -2.52. The van der Waals surface area contributed by atoms with Crippen molar-refractivity contribution in [2.24, 2.45) is 0 Å². The van der Waals surface area contributed by atoms with Crippen molar-refractivity contribution in [3.8, 4) is 0 Å². The molecule has 4 heteroatoms. The summed E-state index contributed by atoms with van der Waals surface area (Å²) in [7, 11) is 1.59. The monoisotopic (exact) mass is 178 g/mol. The molecule has 0 aromatic rings. The summed E-state index contributed by atoms with van der Waals surface area (Å²) in [6.07, 6.45) is 1.19. The summed E-state index contributed by atoms with van der Waals surface area (Å²) in [5, 5.41) is 7.32. The van der Waals surface area contributed by atoms with E-state index >= 15 is 0 Å². The predicted octanol–water partition coefficient (Wildman–Crippen LogP) is 0.862. The Hall–Kier alpha value is 0.620. The summed E-state index contributed by atoms with van der Waals surface area (Å²) in [5.41, 5.74) is 0. The van der Waals surface area contributed by atoms with Gasteiger partial charge in [0.2, 0.25) is 0 Å². The van der Waals surface area contributed by atoms with Crippen molar-refractivity contribution < 1.29 is 0 Å². The smallest absolute Gasteiger partial charge is 0.0763 e. The van der Waals surface area contributed by atoms with Crippen LogP contribution < -0.4 is 10.6 Å². The lowest BCUT2D eigenvalue weighted by molar-refractivity contribution is 0.392. The second kappa shape index (κ2) is 4.49. The minimum atomic E-state index is 0.488. The van der Waals surface area contributed by atoms with E-state index in [2.05, 4.69) is 29.2 Å². The Morgan fingerprint density at radius 2 is 2.40 bits per heavy atom. The minimum Gasteiger partial charge on any atom is -0.313 e. The van der Waals surface area contributed by atoms with Gasteiger partial charge in [-0.1, -0.05) is 17.7 Å². The van der Waals surface area contributed by atoms with Gasteiger partial charge in [0.15, 0.2) is 0 Å². The summed E-state index contributed by atoms with van der Waals surface area (Å²) < 4.78 is 0. The first-order valence-electron chi connectivity index (χ1n) is 3.63. The second-order valence-corrected chi connectivity index (χ2v) is 3.94. The van der Waals surface area contributed by atoms with Gasteiger partial charge in [-0.15, -0.1) is 11.7 Å². The van der Waals surface area contributed by atoms with Crippen LogP contribution in [-0.2, 0) is 0 Å². The molecule has 0 spiro atoms. The zero-order valence-electron chi connectivity index (χ0n) is 6.13. The highest BCUT2D eigenvalue weighted by Crippen LogP contribution is 2.14. The van der Waals surface area contributed by atoms with E-state index in [1.807, 2.05) is 0 Å². The molecule has 1 rings (SSSR count). The van der Waals surface area contributed by atoms with Gasteiger partial charge in [-0.25, -0.2) is 0 Å². The maximum absolute atomic E-state index is 4.16. The van der Waals surface area contributed by atoms with Crippen LogP contribution in [0.3, 0.4) is 0 Å². The average Bonchev–Trinajstić information content (AvgIpc) is 2.05. The van der Waals surface area contributed by atoms with Crippen LogP contribution in [0, 0.1) is 0 Å². The number of rotatable bonds is 2. The lowest BCUT2D eigenvalue weighted by atomic mass is 10.2. The van der Waals surface area contributed by atoms with Crippen molar-refractivity contribution in [3.63, 3.8) is 0 Å². The van der Waals surface area contributed by atoms with Crippen molar-refractivity contribution in [1.29, 1.82) is 0 Å². The standard InChI is InChI=1S/C6H14N2S2/c1-2-5-3-7-4-6(8-5)10-9/h5-9H,2-4H2,1H3. The summed E-state index contributed by atoms with van der Waals surface area (Å²) >= 11 is 4.16. The molecule has 1 fully saturated rings. The topological polar surface area (TPSA) is 24.1 Å². The number of hydrogen-bond acceptors (Lipinski definition) is 4. The van der Waals surface area contributed by atoms with Crippen molar-refractivity contribution >= 4 is 22.5 Å². The zero-order chi connectivity index (χ0) is 7.40. The van der Waals surface area contributed by atoms with Gasteiger partial charge in [0, 0.05) is 19.1 Å². The average molecular weight is 178 g/mol. The van der Waals surface area contributed by atoms with E-state index in [1.165, 1.54) is 6.42 Å². The molecule has 1 aliphatic rings. The molecule has 10 heavy (non-hydrogen) atoms. The van der Waals surface area contributed by atoms with Crippen LogP contribution >= 0.6 is 22.5 Å². The van der Waals surface area contributed by atoms with Gasteiger partial charge in [0.25, 0.3) is 0 Å². The molecule has 0 saturated carbocycles.